The van der Waals surface area contributed by atoms with Crippen molar-refractivity contribution in [1.29, 1.82) is 0 Å². The SMILES string of the molecule is Nc1cn(N)cc2cnnc1-2. The number of nitrogens with zero attached hydrogens (tertiary/aromatic N) is 3. The highest BCUT2D eigenvalue weighted by molar-refractivity contribution is 5.71. The van der Waals surface area contributed by atoms with Crippen LogP contribution in [0.1, 0.15) is 0 Å². The summed E-state index contributed by atoms with van der Waals surface area (Å²) in [7, 11) is 0. The summed E-state index contributed by atoms with van der Waals surface area (Å²) in [6, 6.07) is 0. The molecule has 11 heavy (non-hydrogen) atoms. The molecule has 0 saturated heterocycles. The zero-order valence-corrected chi connectivity index (χ0v) is 5.73. The Morgan fingerprint density at radius 2 is 2.18 bits per heavy atom. The quantitative estimate of drug-likeness (QED) is 0.503. The second-order valence-electron chi connectivity index (χ2n) is 2.31. The van der Waals surface area contributed by atoms with E-state index >= 15 is 0 Å². The van der Waals surface area contributed by atoms with E-state index in [1.165, 1.54) is 4.68 Å². The van der Waals surface area contributed by atoms with Crippen molar-refractivity contribution in [2.75, 3.05) is 11.6 Å². The van der Waals surface area contributed by atoms with Crippen LogP contribution in [-0.2, 0) is 0 Å². The summed E-state index contributed by atoms with van der Waals surface area (Å²) in [6.07, 6.45) is 4.93. The van der Waals surface area contributed by atoms with E-state index in [4.69, 9.17) is 11.6 Å². The fraction of sp³-hybridized carbons (Fsp3) is 0. The molecule has 2 aliphatic rings. The third-order valence-corrected chi connectivity index (χ3v) is 1.48. The summed E-state index contributed by atoms with van der Waals surface area (Å²) in [4.78, 5) is 0. The average molecular weight is 149 g/mol. The monoisotopic (exact) mass is 149 g/mol. The summed E-state index contributed by atoms with van der Waals surface area (Å²) in [6.45, 7) is 0. The van der Waals surface area contributed by atoms with Gasteiger partial charge in [0, 0.05) is 11.8 Å². The number of nitrogen functional groups attached to an aromatic ring is 2. The molecule has 5 heteroatoms. The maximum absolute atomic E-state index is 5.60. The first-order valence-electron chi connectivity index (χ1n) is 3.11. The van der Waals surface area contributed by atoms with Crippen LogP contribution in [0.15, 0.2) is 18.6 Å². The van der Waals surface area contributed by atoms with Gasteiger partial charge in [0.15, 0.2) is 0 Å². The highest BCUT2D eigenvalue weighted by atomic mass is 15.3. The van der Waals surface area contributed by atoms with Crippen LogP contribution in [0.2, 0.25) is 0 Å². The fourth-order valence-corrected chi connectivity index (χ4v) is 1.01. The molecule has 4 N–H and O–H groups in total. The van der Waals surface area contributed by atoms with Gasteiger partial charge in [-0.15, -0.1) is 5.10 Å². The Morgan fingerprint density at radius 3 is 3.00 bits per heavy atom. The van der Waals surface area contributed by atoms with E-state index in [0.717, 1.165) is 5.56 Å². The summed E-state index contributed by atoms with van der Waals surface area (Å²) < 4.78 is 1.39. The van der Waals surface area contributed by atoms with Gasteiger partial charge in [0.1, 0.15) is 5.69 Å². The van der Waals surface area contributed by atoms with Gasteiger partial charge in [-0.3, -0.25) is 4.68 Å². The Labute approximate surface area is 62.9 Å². The predicted molar refractivity (Wildman–Crippen MR) is 41.2 cm³/mol. The normalized spacial score (nSPS) is 10.5. The minimum atomic E-state index is 0.544. The Bertz CT molecular complexity index is 352. The lowest BCUT2D eigenvalue weighted by Crippen LogP contribution is -2.10. The lowest BCUT2D eigenvalue weighted by atomic mass is 10.2. The number of hydrogen-bond acceptors (Lipinski definition) is 4. The molecular formula is C6H7N5. The predicted octanol–water partition coefficient (Wildman–Crippen LogP) is -0.321. The van der Waals surface area contributed by atoms with E-state index in [-0.39, 0.29) is 0 Å². The largest absolute Gasteiger partial charge is 0.396 e. The molecule has 0 unspecified atom stereocenters. The van der Waals surface area contributed by atoms with Crippen LogP contribution in [-0.4, -0.2) is 14.9 Å². The van der Waals surface area contributed by atoms with Crippen molar-refractivity contribution in [2.24, 2.45) is 0 Å². The number of anilines is 1. The fourth-order valence-electron chi connectivity index (χ4n) is 1.01. The number of fused-ring (bicyclic) bond motifs is 1. The standard InChI is InChI=1S/C6H7N5/c7-5-3-11(8)2-4-1-9-10-6(4)5/h1-3H,7-8H2. The number of pyridine rings is 1. The maximum atomic E-state index is 5.60. The zero-order valence-electron chi connectivity index (χ0n) is 5.73. The van der Waals surface area contributed by atoms with Crippen molar-refractivity contribution in [2.45, 2.75) is 0 Å². The van der Waals surface area contributed by atoms with Gasteiger partial charge in [0.25, 0.3) is 0 Å². The summed E-state index contributed by atoms with van der Waals surface area (Å²) >= 11 is 0. The van der Waals surface area contributed by atoms with Crippen molar-refractivity contribution in [1.82, 2.24) is 14.9 Å². The van der Waals surface area contributed by atoms with E-state index in [9.17, 15) is 0 Å². The van der Waals surface area contributed by atoms with E-state index in [1.807, 2.05) is 0 Å². The van der Waals surface area contributed by atoms with E-state index in [2.05, 4.69) is 10.2 Å². The highest BCUT2D eigenvalue weighted by Crippen LogP contribution is 2.22. The Kier molecular flexibility index (Phi) is 1.00. The van der Waals surface area contributed by atoms with Crippen LogP contribution in [0, 0.1) is 0 Å². The smallest absolute Gasteiger partial charge is 0.120 e. The molecule has 56 valence electrons. The van der Waals surface area contributed by atoms with Gasteiger partial charge in [-0.1, -0.05) is 0 Å². The molecule has 0 amide bonds. The molecule has 0 bridgehead atoms. The molecule has 5 nitrogen and oxygen atoms in total. The molecular weight excluding hydrogens is 142 g/mol. The third kappa shape index (κ3) is 0.778. The van der Waals surface area contributed by atoms with Crippen molar-refractivity contribution >= 4 is 5.69 Å². The highest BCUT2D eigenvalue weighted by Gasteiger charge is 2.08. The van der Waals surface area contributed by atoms with Crippen molar-refractivity contribution in [3.8, 4) is 11.3 Å². The molecule has 0 radical (unpaired) electrons. The van der Waals surface area contributed by atoms with Crippen LogP contribution in [0.3, 0.4) is 0 Å². The minimum Gasteiger partial charge on any atom is -0.396 e. The Hall–Kier alpha value is -1.78. The van der Waals surface area contributed by atoms with E-state index in [0.29, 0.717) is 11.4 Å². The van der Waals surface area contributed by atoms with Gasteiger partial charge in [-0.25, -0.2) is 0 Å². The second-order valence-corrected chi connectivity index (χ2v) is 2.31. The molecule has 0 aliphatic carbocycles. The van der Waals surface area contributed by atoms with Gasteiger partial charge in [0.05, 0.1) is 18.1 Å². The number of hydrogen-bond donors (Lipinski definition) is 2. The molecule has 0 aromatic carbocycles. The van der Waals surface area contributed by atoms with Gasteiger partial charge in [-0.05, 0) is 0 Å². The molecule has 0 aromatic rings. The summed E-state index contributed by atoms with van der Waals surface area (Å²) in [5, 5.41) is 7.52. The molecule has 2 heterocycles. The van der Waals surface area contributed by atoms with Gasteiger partial charge in [-0.2, -0.15) is 5.10 Å². The lowest BCUT2D eigenvalue weighted by molar-refractivity contribution is 0.991. The van der Waals surface area contributed by atoms with Crippen LogP contribution in [0.4, 0.5) is 5.69 Å². The van der Waals surface area contributed by atoms with E-state index in [1.54, 1.807) is 18.6 Å². The molecule has 0 saturated carbocycles. The van der Waals surface area contributed by atoms with Crippen LogP contribution in [0.25, 0.3) is 11.3 Å². The van der Waals surface area contributed by atoms with Crippen molar-refractivity contribution in [3.63, 3.8) is 0 Å². The molecule has 0 atom stereocenters. The van der Waals surface area contributed by atoms with Crippen molar-refractivity contribution in [3.05, 3.63) is 18.6 Å². The first kappa shape index (κ1) is 5.96. The van der Waals surface area contributed by atoms with Crippen LogP contribution in [0.5, 0.6) is 0 Å². The minimum absolute atomic E-state index is 0.544. The van der Waals surface area contributed by atoms with Gasteiger partial charge >= 0.3 is 0 Å². The average Bonchev–Trinajstić information content (AvgIpc) is 2.34. The van der Waals surface area contributed by atoms with E-state index < -0.39 is 0 Å². The summed E-state index contributed by atoms with van der Waals surface area (Å²) in [5.74, 6) is 5.46. The molecule has 2 rings (SSSR count). The summed E-state index contributed by atoms with van der Waals surface area (Å²) in [5.41, 5.74) is 7.70. The number of nitrogens with two attached hydrogens (primary N) is 2. The third-order valence-electron chi connectivity index (χ3n) is 1.48. The first-order chi connectivity index (χ1) is 5.27. The first-order valence-corrected chi connectivity index (χ1v) is 3.11. The van der Waals surface area contributed by atoms with Crippen molar-refractivity contribution < 1.29 is 0 Å². The van der Waals surface area contributed by atoms with Gasteiger partial charge in [0.2, 0.25) is 0 Å². The zero-order chi connectivity index (χ0) is 7.84. The Balaban J connectivity index is 2.79. The molecule has 0 fully saturated rings. The van der Waals surface area contributed by atoms with Crippen LogP contribution < -0.4 is 11.6 Å². The van der Waals surface area contributed by atoms with Crippen LogP contribution >= 0.6 is 0 Å². The molecule has 0 spiro atoms. The second kappa shape index (κ2) is 1.85. The molecule has 2 aliphatic heterocycles. The maximum Gasteiger partial charge on any atom is 0.120 e. The number of aromatic nitrogens is 3. The Morgan fingerprint density at radius 1 is 1.36 bits per heavy atom. The number of rotatable bonds is 0. The topological polar surface area (TPSA) is 82.8 Å². The lowest BCUT2D eigenvalue weighted by Gasteiger charge is -2.03. The molecule has 0 aromatic heterocycles. The van der Waals surface area contributed by atoms with Gasteiger partial charge < -0.3 is 11.6 Å².